The van der Waals surface area contributed by atoms with Crippen molar-refractivity contribution in [2.24, 2.45) is 0 Å². The van der Waals surface area contributed by atoms with E-state index in [0.29, 0.717) is 0 Å². The summed E-state index contributed by atoms with van der Waals surface area (Å²) in [7, 11) is 0.147. The second-order valence-electron chi connectivity index (χ2n) is 5.91. The zero-order chi connectivity index (χ0) is 12.1. The molecule has 0 radical (unpaired) electrons. The third kappa shape index (κ3) is 3.57. The molecule has 0 aromatic heterocycles. The van der Waals surface area contributed by atoms with Crippen LogP contribution in [0.1, 0.15) is 77.6 Å². The Balaban J connectivity index is 2.02. The molecule has 2 fully saturated rings. The molecule has 0 spiro atoms. The quantitative estimate of drug-likeness (QED) is 0.534. The molecule has 2 saturated carbocycles. The lowest BCUT2D eigenvalue weighted by molar-refractivity contribution is 0.485. The highest BCUT2D eigenvalue weighted by Gasteiger charge is 2.31. The molecule has 0 nitrogen and oxygen atoms in total. The van der Waals surface area contributed by atoms with Crippen LogP contribution in [0.2, 0.25) is 0 Å². The van der Waals surface area contributed by atoms with E-state index in [9.17, 15) is 0 Å². The van der Waals surface area contributed by atoms with Gasteiger partial charge in [0.05, 0.1) is 0 Å². The van der Waals surface area contributed by atoms with Crippen LogP contribution in [0, 0.1) is 0 Å². The van der Waals surface area contributed by atoms with E-state index in [-0.39, 0.29) is 7.92 Å². The maximum absolute atomic E-state index is 4.45. The van der Waals surface area contributed by atoms with Crippen molar-refractivity contribution in [1.29, 1.82) is 0 Å². The zero-order valence-corrected chi connectivity index (χ0v) is 12.5. The van der Waals surface area contributed by atoms with Crippen molar-refractivity contribution in [1.82, 2.24) is 0 Å². The molecule has 2 aliphatic rings. The van der Waals surface area contributed by atoms with Gasteiger partial charge in [0.2, 0.25) is 0 Å². The average molecular weight is 252 g/mol. The lowest BCUT2D eigenvalue weighted by Gasteiger charge is -2.39. The lowest BCUT2D eigenvalue weighted by Crippen LogP contribution is -2.21. The summed E-state index contributed by atoms with van der Waals surface area (Å²) in [5.41, 5.74) is 2.10. The molecule has 0 atom stereocenters. The first-order chi connectivity index (χ1) is 8.33. The van der Waals surface area contributed by atoms with Crippen LogP contribution < -0.4 is 0 Å². The minimum Gasteiger partial charge on any atom is -0.0953 e. The van der Waals surface area contributed by atoms with Crippen LogP contribution in [0.25, 0.3) is 0 Å². The Morgan fingerprint density at radius 2 is 1.29 bits per heavy atom. The predicted molar refractivity (Wildman–Crippen MR) is 80.1 cm³/mol. The van der Waals surface area contributed by atoms with Gasteiger partial charge in [-0.2, -0.15) is 0 Å². The van der Waals surface area contributed by atoms with Gasteiger partial charge in [0, 0.05) is 0 Å². The summed E-state index contributed by atoms with van der Waals surface area (Å²) in [5.74, 6) is 0. The third-order valence-corrected chi connectivity index (χ3v) is 8.36. The molecule has 2 aliphatic carbocycles. The van der Waals surface area contributed by atoms with E-state index in [1.165, 1.54) is 70.6 Å². The normalized spacial score (nSPS) is 24.1. The number of hydrogen-bond acceptors (Lipinski definition) is 0. The summed E-state index contributed by atoms with van der Waals surface area (Å²) >= 11 is 0. The Bertz CT molecular complexity index is 216. The molecular formula is C16H29P. The van der Waals surface area contributed by atoms with Crippen LogP contribution in [0.15, 0.2) is 11.9 Å². The summed E-state index contributed by atoms with van der Waals surface area (Å²) in [6.45, 7) is 6.78. The second-order valence-corrected chi connectivity index (χ2v) is 8.82. The van der Waals surface area contributed by atoms with Crippen molar-refractivity contribution < 1.29 is 0 Å². The van der Waals surface area contributed by atoms with E-state index in [0.717, 1.165) is 11.3 Å². The Morgan fingerprint density at radius 3 is 1.65 bits per heavy atom. The fourth-order valence-corrected chi connectivity index (χ4v) is 7.55. The fourth-order valence-electron chi connectivity index (χ4n) is 3.72. The van der Waals surface area contributed by atoms with E-state index >= 15 is 0 Å². The van der Waals surface area contributed by atoms with Gasteiger partial charge in [0.1, 0.15) is 0 Å². The molecule has 0 aliphatic heterocycles. The first-order valence-electron chi connectivity index (χ1n) is 7.79. The highest BCUT2D eigenvalue weighted by molar-refractivity contribution is 7.63. The van der Waals surface area contributed by atoms with Gasteiger partial charge in [0.15, 0.2) is 0 Å². The van der Waals surface area contributed by atoms with E-state index in [1.807, 2.05) is 0 Å². The molecule has 0 aromatic rings. The van der Waals surface area contributed by atoms with E-state index in [1.54, 1.807) is 5.31 Å². The predicted octanol–water partition coefficient (Wildman–Crippen LogP) is 6.06. The Morgan fingerprint density at radius 1 is 0.882 bits per heavy atom. The van der Waals surface area contributed by atoms with Crippen LogP contribution in [0.5, 0.6) is 0 Å². The van der Waals surface area contributed by atoms with Gasteiger partial charge in [0.25, 0.3) is 0 Å². The van der Waals surface area contributed by atoms with E-state index in [4.69, 9.17) is 0 Å². The van der Waals surface area contributed by atoms with Crippen LogP contribution in [0.4, 0.5) is 0 Å². The van der Waals surface area contributed by atoms with Gasteiger partial charge in [-0.05, 0) is 43.4 Å². The highest BCUT2D eigenvalue weighted by Crippen LogP contribution is 2.61. The Kier molecular flexibility index (Phi) is 5.54. The van der Waals surface area contributed by atoms with Crippen molar-refractivity contribution in [3.8, 4) is 0 Å². The lowest BCUT2D eigenvalue weighted by atomic mass is 9.99. The van der Waals surface area contributed by atoms with Gasteiger partial charge in [-0.1, -0.05) is 65.3 Å². The molecule has 98 valence electrons. The maximum Gasteiger partial charge on any atom is -0.0170 e. The molecular weight excluding hydrogens is 223 g/mol. The number of hydrogen-bond donors (Lipinski definition) is 0. The standard InChI is InChI=1S/C16H29P/c1-3-14(2)17(15-10-6-4-7-11-15)16-12-8-5-9-13-16/h15-16H,2-13H2,1H3. The van der Waals surface area contributed by atoms with E-state index < -0.39 is 0 Å². The molecule has 0 N–H and O–H groups in total. The van der Waals surface area contributed by atoms with Crippen molar-refractivity contribution in [3.05, 3.63) is 11.9 Å². The van der Waals surface area contributed by atoms with Crippen molar-refractivity contribution in [2.75, 3.05) is 0 Å². The second kappa shape index (κ2) is 6.93. The van der Waals surface area contributed by atoms with Crippen LogP contribution >= 0.6 is 7.92 Å². The van der Waals surface area contributed by atoms with Crippen LogP contribution in [0.3, 0.4) is 0 Å². The van der Waals surface area contributed by atoms with Crippen molar-refractivity contribution >= 4 is 7.92 Å². The van der Waals surface area contributed by atoms with Gasteiger partial charge in [-0.3, -0.25) is 0 Å². The minimum atomic E-state index is 0.147. The molecule has 0 aromatic carbocycles. The monoisotopic (exact) mass is 252 g/mol. The largest absolute Gasteiger partial charge is 0.0953 e. The van der Waals surface area contributed by atoms with Gasteiger partial charge < -0.3 is 0 Å². The molecule has 0 heterocycles. The number of rotatable bonds is 4. The Hall–Kier alpha value is 0.170. The average Bonchev–Trinajstić information content (AvgIpc) is 2.41. The molecule has 0 saturated heterocycles. The highest BCUT2D eigenvalue weighted by atomic mass is 31.1. The molecule has 0 unspecified atom stereocenters. The van der Waals surface area contributed by atoms with Crippen LogP contribution in [-0.2, 0) is 0 Å². The van der Waals surface area contributed by atoms with Crippen molar-refractivity contribution in [3.63, 3.8) is 0 Å². The molecule has 1 heteroatoms. The molecule has 0 amide bonds. The number of allylic oxidation sites excluding steroid dienone is 1. The summed E-state index contributed by atoms with van der Waals surface area (Å²) in [6, 6.07) is 0. The van der Waals surface area contributed by atoms with Crippen LogP contribution in [-0.4, -0.2) is 11.3 Å². The smallest absolute Gasteiger partial charge is 0.0170 e. The molecule has 0 bridgehead atoms. The summed E-state index contributed by atoms with van der Waals surface area (Å²) in [5, 5.41) is 1.64. The Labute approximate surface area is 109 Å². The summed E-state index contributed by atoms with van der Waals surface area (Å²) in [4.78, 5) is 0. The molecule has 17 heavy (non-hydrogen) atoms. The van der Waals surface area contributed by atoms with Gasteiger partial charge in [-0.25, -0.2) is 0 Å². The first-order valence-corrected chi connectivity index (χ1v) is 9.27. The molecule has 2 rings (SSSR count). The van der Waals surface area contributed by atoms with E-state index in [2.05, 4.69) is 13.5 Å². The summed E-state index contributed by atoms with van der Waals surface area (Å²) < 4.78 is 0. The van der Waals surface area contributed by atoms with Crippen molar-refractivity contribution in [2.45, 2.75) is 88.9 Å². The summed E-state index contributed by atoms with van der Waals surface area (Å²) in [6.07, 6.45) is 16.2. The van der Waals surface area contributed by atoms with Gasteiger partial charge in [-0.15, -0.1) is 0 Å². The minimum absolute atomic E-state index is 0.147. The topological polar surface area (TPSA) is 0 Å². The maximum atomic E-state index is 4.45. The SMILES string of the molecule is C=C(CC)P(C1CCCCC1)C1CCCCC1. The van der Waals surface area contributed by atoms with Gasteiger partial charge >= 0.3 is 0 Å². The fraction of sp³-hybridized carbons (Fsp3) is 0.875. The third-order valence-electron chi connectivity index (χ3n) is 4.71. The zero-order valence-electron chi connectivity index (χ0n) is 11.6. The first kappa shape index (κ1) is 13.6.